The molecule has 1 fully saturated rings. The van der Waals surface area contributed by atoms with Crippen LogP contribution < -0.4 is 5.32 Å². The van der Waals surface area contributed by atoms with Crippen molar-refractivity contribution in [2.24, 2.45) is 5.92 Å². The minimum Gasteiger partial charge on any atom is -0.464 e. The smallest absolute Gasteiger partial charge is 0.412 e. The molecule has 0 bridgehead atoms. The number of hydrogen-bond acceptors (Lipinski definition) is 7. The molecular formula is C32H53N3O6Si. The quantitative estimate of drug-likeness (QED) is 0.217. The fourth-order valence-electron chi connectivity index (χ4n) is 4.93. The number of fused-ring (bicyclic) bond motifs is 1. The van der Waals surface area contributed by atoms with E-state index in [-0.39, 0.29) is 18.3 Å². The zero-order valence-corrected chi connectivity index (χ0v) is 28.7. The highest BCUT2D eigenvalue weighted by atomic mass is 28.4. The first-order valence-corrected chi connectivity index (χ1v) is 18.2. The monoisotopic (exact) mass is 603 g/mol. The number of carbonyl (C=O) groups excluding carboxylic acids is 2. The minimum absolute atomic E-state index is 0.207. The maximum Gasteiger partial charge on any atom is 0.412 e. The molecule has 1 heterocycles. The van der Waals surface area contributed by atoms with E-state index >= 15 is 0 Å². The van der Waals surface area contributed by atoms with E-state index in [9.17, 15) is 9.59 Å². The molecular weight excluding hydrogens is 550 g/mol. The summed E-state index contributed by atoms with van der Waals surface area (Å²) in [5.74, 6) is 0.136. The molecule has 236 valence electrons. The van der Waals surface area contributed by atoms with Gasteiger partial charge in [-0.05, 0) is 103 Å². The summed E-state index contributed by atoms with van der Waals surface area (Å²) in [4.78, 5) is 24.8. The zero-order chi connectivity index (χ0) is 31.5. The third-order valence-corrected chi connectivity index (χ3v) is 13.0. The second kappa shape index (κ2) is 13.1. The van der Waals surface area contributed by atoms with E-state index in [1.54, 1.807) is 6.92 Å². The number of benzene rings is 1. The Kier molecular flexibility index (Phi) is 10.6. The van der Waals surface area contributed by atoms with Gasteiger partial charge in [0.15, 0.2) is 8.32 Å². The van der Waals surface area contributed by atoms with E-state index in [1.807, 2.05) is 46.8 Å². The topological polar surface area (TPSA) is 101 Å². The van der Waals surface area contributed by atoms with Crippen LogP contribution in [0.25, 0.3) is 10.9 Å². The van der Waals surface area contributed by atoms with Crippen LogP contribution in [0.4, 0.5) is 10.5 Å². The van der Waals surface area contributed by atoms with E-state index in [0.29, 0.717) is 23.2 Å². The van der Waals surface area contributed by atoms with Crippen molar-refractivity contribution in [2.45, 2.75) is 123 Å². The van der Waals surface area contributed by atoms with Crippen LogP contribution in [-0.2, 0) is 29.0 Å². The standard InChI is InChI=1S/C32H53N3O6Si/c1-12-38-28(36)21-39-32(8,9)25-18-26-23(17-27(25)33-29(37)41-30(2,3)4)19-35(34-26)24-15-13-22(14-16-24)20-40-42(10,11)31(5,6)7/h17-19,22,24H,12-16,20-21H2,1-11H3,(H,33,37)/t22-,24-. The fraction of sp³-hybridized carbons (Fsp3) is 0.719. The number of aromatic nitrogens is 2. The summed E-state index contributed by atoms with van der Waals surface area (Å²) in [5.41, 5.74) is 0.482. The number of nitrogens with zero attached hydrogens (tertiary/aromatic N) is 2. The van der Waals surface area contributed by atoms with Crippen molar-refractivity contribution < 1.29 is 28.2 Å². The predicted molar refractivity (Wildman–Crippen MR) is 169 cm³/mol. The Labute approximate surface area is 253 Å². The van der Waals surface area contributed by atoms with Crippen LogP contribution >= 0.6 is 0 Å². The Morgan fingerprint density at radius 3 is 2.24 bits per heavy atom. The van der Waals surface area contributed by atoms with Gasteiger partial charge in [-0.2, -0.15) is 5.10 Å². The summed E-state index contributed by atoms with van der Waals surface area (Å²) in [6.07, 6.45) is 5.81. The van der Waals surface area contributed by atoms with Gasteiger partial charge < -0.3 is 18.6 Å². The van der Waals surface area contributed by atoms with Gasteiger partial charge in [-0.3, -0.25) is 10.00 Å². The highest BCUT2D eigenvalue weighted by molar-refractivity contribution is 6.74. The van der Waals surface area contributed by atoms with Crippen LogP contribution in [-0.4, -0.2) is 55.6 Å². The third-order valence-electron chi connectivity index (χ3n) is 8.48. The Hall–Kier alpha value is -2.43. The molecule has 10 heteroatoms. The summed E-state index contributed by atoms with van der Waals surface area (Å²) in [6.45, 7) is 23.3. The SMILES string of the molecule is CCOC(=O)COC(C)(C)c1cc2nn([C@H]3CC[C@H](CO[Si](C)(C)C(C)(C)C)CC3)cc2cc1NC(=O)OC(C)(C)C. The number of esters is 1. The van der Waals surface area contributed by atoms with Gasteiger partial charge in [-0.1, -0.05) is 20.8 Å². The molecule has 0 unspecified atom stereocenters. The number of nitrogens with one attached hydrogen (secondary N) is 1. The van der Waals surface area contributed by atoms with Gasteiger partial charge in [-0.25, -0.2) is 9.59 Å². The van der Waals surface area contributed by atoms with E-state index in [1.165, 1.54) is 0 Å². The van der Waals surface area contributed by atoms with Crippen molar-refractivity contribution in [2.75, 3.05) is 25.1 Å². The van der Waals surface area contributed by atoms with E-state index < -0.39 is 31.6 Å². The van der Waals surface area contributed by atoms with E-state index in [2.05, 4.69) is 50.1 Å². The zero-order valence-electron chi connectivity index (χ0n) is 27.7. The van der Waals surface area contributed by atoms with Crippen LogP contribution in [0.5, 0.6) is 0 Å². The molecule has 1 N–H and O–H groups in total. The second-order valence-electron chi connectivity index (χ2n) is 14.5. The summed E-state index contributed by atoms with van der Waals surface area (Å²) in [7, 11) is -1.75. The largest absolute Gasteiger partial charge is 0.464 e. The Balaban J connectivity index is 1.81. The van der Waals surface area contributed by atoms with Crippen molar-refractivity contribution in [1.82, 2.24) is 9.78 Å². The molecule has 0 saturated heterocycles. The van der Waals surface area contributed by atoms with Crippen LogP contribution in [0.2, 0.25) is 18.1 Å². The predicted octanol–water partition coefficient (Wildman–Crippen LogP) is 7.95. The number of hydrogen-bond donors (Lipinski definition) is 1. The molecule has 42 heavy (non-hydrogen) atoms. The lowest BCUT2D eigenvalue weighted by atomic mass is 9.87. The number of rotatable bonds is 10. The lowest BCUT2D eigenvalue weighted by Gasteiger charge is -2.38. The van der Waals surface area contributed by atoms with Gasteiger partial charge in [0.2, 0.25) is 0 Å². The molecule has 0 radical (unpaired) electrons. The first-order chi connectivity index (χ1) is 19.3. The first-order valence-electron chi connectivity index (χ1n) is 15.3. The molecule has 0 spiro atoms. The Morgan fingerprint density at radius 1 is 1.02 bits per heavy atom. The molecule has 1 aromatic heterocycles. The lowest BCUT2D eigenvalue weighted by molar-refractivity contribution is -0.154. The number of anilines is 1. The van der Waals surface area contributed by atoms with Crippen LogP contribution in [0, 0.1) is 5.92 Å². The maximum atomic E-state index is 12.8. The molecule has 3 rings (SSSR count). The fourth-order valence-corrected chi connectivity index (χ4v) is 6.02. The molecule has 1 amide bonds. The highest BCUT2D eigenvalue weighted by Crippen LogP contribution is 2.40. The molecule has 9 nitrogen and oxygen atoms in total. The van der Waals surface area contributed by atoms with Crippen molar-refractivity contribution in [3.63, 3.8) is 0 Å². The molecule has 0 aliphatic heterocycles. The summed E-state index contributed by atoms with van der Waals surface area (Å²) < 4.78 is 25.2. The van der Waals surface area contributed by atoms with Gasteiger partial charge in [0.1, 0.15) is 12.2 Å². The highest BCUT2D eigenvalue weighted by Gasteiger charge is 2.38. The third kappa shape index (κ3) is 9.03. The summed E-state index contributed by atoms with van der Waals surface area (Å²) >= 11 is 0. The minimum atomic E-state index is -1.75. The van der Waals surface area contributed by atoms with Gasteiger partial charge in [0.25, 0.3) is 0 Å². The summed E-state index contributed by atoms with van der Waals surface area (Å²) in [6, 6.07) is 4.15. The molecule has 2 aromatic rings. The van der Waals surface area contributed by atoms with Crippen molar-refractivity contribution >= 4 is 37.0 Å². The molecule has 1 aliphatic rings. The van der Waals surface area contributed by atoms with Gasteiger partial charge in [0, 0.05) is 23.8 Å². The molecule has 0 atom stereocenters. The average molecular weight is 604 g/mol. The Morgan fingerprint density at radius 2 is 1.67 bits per heavy atom. The summed E-state index contributed by atoms with van der Waals surface area (Å²) in [5, 5.41) is 8.99. The Bertz CT molecular complexity index is 1230. The van der Waals surface area contributed by atoms with Crippen LogP contribution in [0.15, 0.2) is 18.3 Å². The van der Waals surface area contributed by atoms with E-state index in [4.69, 9.17) is 23.7 Å². The second-order valence-corrected chi connectivity index (χ2v) is 19.4. The van der Waals surface area contributed by atoms with Crippen molar-refractivity contribution in [3.05, 3.63) is 23.9 Å². The van der Waals surface area contributed by atoms with Crippen molar-refractivity contribution in [1.29, 1.82) is 0 Å². The molecule has 1 aliphatic carbocycles. The molecule has 1 saturated carbocycles. The normalized spacial score (nSPS) is 18.6. The van der Waals surface area contributed by atoms with Crippen molar-refractivity contribution in [3.8, 4) is 0 Å². The number of ether oxygens (including phenoxy) is 3. The van der Waals surface area contributed by atoms with Gasteiger partial charge in [-0.15, -0.1) is 0 Å². The lowest BCUT2D eigenvalue weighted by Crippen LogP contribution is -2.42. The van der Waals surface area contributed by atoms with Gasteiger partial charge in [0.05, 0.1) is 29.5 Å². The van der Waals surface area contributed by atoms with Crippen LogP contribution in [0.3, 0.4) is 0 Å². The number of amides is 1. The van der Waals surface area contributed by atoms with E-state index in [0.717, 1.165) is 43.2 Å². The molecule has 1 aromatic carbocycles. The number of carbonyl (C=O) groups is 2. The maximum absolute atomic E-state index is 12.8. The first kappa shape index (κ1) is 34.1. The van der Waals surface area contributed by atoms with Crippen LogP contribution in [0.1, 0.15) is 99.6 Å². The average Bonchev–Trinajstić information content (AvgIpc) is 3.27. The van der Waals surface area contributed by atoms with Gasteiger partial charge >= 0.3 is 12.1 Å².